The van der Waals surface area contributed by atoms with Crippen molar-refractivity contribution in [2.45, 2.75) is 25.9 Å². The summed E-state index contributed by atoms with van der Waals surface area (Å²) in [6.07, 6.45) is 0. The zero-order valence-electron chi connectivity index (χ0n) is 9.22. The van der Waals surface area contributed by atoms with Crippen LogP contribution in [0, 0.1) is 0 Å². The highest BCUT2D eigenvalue weighted by molar-refractivity contribution is 9.10. The first kappa shape index (κ1) is 11.6. The molecule has 0 unspecified atom stereocenters. The van der Waals surface area contributed by atoms with E-state index in [1.807, 2.05) is 11.3 Å². The van der Waals surface area contributed by atoms with Gasteiger partial charge in [0.05, 0.1) is 0 Å². The van der Waals surface area contributed by atoms with Crippen LogP contribution in [0.3, 0.4) is 0 Å². The third-order valence-electron chi connectivity index (χ3n) is 2.71. The van der Waals surface area contributed by atoms with Crippen molar-refractivity contribution in [1.29, 1.82) is 0 Å². The van der Waals surface area contributed by atoms with Gasteiger partial charge in [0.15, 0.2) is 0 Å². The predicted octanol–water partition coefficient (Wildman–Crippen LogP) is 2.69. The minimum atomic E-state index is 0.252. The number of thiophene rings is 1. The predicted molar refractivity (Wildman–Crippen MR) is 69.4 cm³/mol. The van der Waals surface area contributed by atoms with Gasteiger partial charge in [-0.25, -0.2) is 0 Å². The molecule has 1 aromatic heterocycles. The van der Waals surface area contributed by atoms with Crippen LogP contribution >= 0.6 is 27.3 Å². The van der Waals surface area contributed by atoms with Gasteiger partial charge < -0.3 is 5.32 Å². The molecule has 0 aliphatic carbocycles. The van der Waals surface area contributed by atoms with Crippen LogP contribution < -0.4 is 5.32 Å². The number of hydrogen-bond acceptors (Lipinski definition) is 3. The largest absolute Gasteiger partial charge is 0.309 e. The van der Waals surface area contributed by atoms with Crippen molar-refractivity contribution >= 4 is 27.3 Å². The highest BCUT2D eigenvalue weighted by Crippen LogP contribution is 2.25. The van der Waals surface area contributed by atoms with Crippen molar-refractivity contribution in [3.05, 3.63) is 20.8 Å². The summed E-state index contributed by atoms with van der Waals surface area (Å²) in [5.41, 5.74) is 0.252. The van der Waals surface area contributed by atoms with Crippen LogP contribution in [0.5, 0.6) is 0 Å². The first-order valence-electron chi connectivity index (χ1n) is 5.26. The van der Waals surface area contributed by atoms with E-state index in [9.17, 15) is 0 Å². The van der Waals surface area contributed by atoms with E-state index in [-0.39, 0.29) is 5.54 Å². The molecule has 84 valence electrons. The molecular formula is C11H17BrN2S. The summed E-state index contributed by atoms with van der Waals surface area (Å²) >= 11 is 5.42. The molecule has 0 atom stereocenters. The quantitative estimate of drug-likeness (QED) is 0.900. The van der Waals surface area contributed by atoms with Crippen molar-refractivity contribution in [3.8, 4) is 0 Å². The van der Waals surface area contributed by atoms with Crippen molar-refractivity contribution in [3.63, 3.8) is 0 Å². The van der Waals surface area contributed by atoms with Gasteiger partial charge in [0.1, 0.15) is 0 Å². The standard InChI is InChI=1S/C11H17BrN2S/c1-11(2)8-14(5-4-13-11)7-10-9(12)3-6-15-10/h3,6,13H,4-5,7-8H2,1-2H3. The van der Waals surface area contributed by atoms with E-state index >= 15 is 0 Å². The van der Waals surface area contributed by atoms with Crippen molar-refractivity contribution in [1.82, 2.24) is 10.2 Å². The molecule has 1 N–H and O–H groups in total. The normalized spacial score (nSPS) is 21.8. The maximum Gasteiger partial charge on any atom is 0.0340 e. The van der Waals surface area contributed by atoms with Gasteiger partial charge in [-0.1, -0.05) is 0 Å². The van der Waals surface area contributed by atoms with Gasteiger partial charge in [-0.3, -0.25) is 4.90 Å². The van der Waals surface area contributed by atoms with Crippen LogP contribution in [0.2, 0.25) is 0 Å². The molecule has 1 aliphatic rings. The zero-order chi connectivity index (χ0) is 10.9. The van der Waals surface area contributed by atoms with Gasteiger partial charge in [0.25, 0.3) is 0 Å². The first-order valence-corrected chi connectivity index (χ1v) is 6.93. The van der Waals surface area contributed by atoms with Gasteiger partial charge in [0, 0.05) is 41.1 Å². The Kier molecular flexibility index (Phi) is 3.50. The lowest BCUT2D eigenvalue weighted by atomic mass is 10.0. The second-order valence-electron chi connectivity index (χ2n) is 4.71. The fourth-order valence-electron chi connectivity index (χ4n) is 2.02. The Morgan fingerprint density at radius 1 is 1.60 bits per heavy atom. The molecule has 0 bridgehead atoms. The molecule has 2 heterocycles. The van der Waals surface area contributed by atoms with Crippen LogP contribution in [0.4, 0.5) is 0 Å². The average molecular weight is 289 g/mol. The number of piperazine rings is 1. The fourth-order valence-corrected chi connectivity index (χ4v) is 3.54. The summed E-state index contributed by atoms with van der Waals surface area (Å²) in [5.74, 6) is 0. The van der Waals surface area contributed by atoms with Crippen molar-refractivity contribution < 1.29 is 0 Å². The summed E-state index contributed by atoms with van der Waals surface area (Å²) in [6, 6.07) is 2.13. The topological polar surface area (TPSA) is 15.3 Å². The number of halogens is 1. The molecule has 0 aromatic carbocycles. The SMILES string of the molecule is CC1(C)CN(Cc2sccc2Br)CCN1. The van der Waals surface area contributed by atoms with Crippen LogP contribution in [-0.2, 0) is 6.54 Å². The second-order valence-corrected chi connectivity index (χ2v) is 6.57. The minimum absolute atomic E-state index is 0.252. The molecule has 15 heavy (non-hydrogen) atoms. The molecule has 1 aromatic rings. The van der Waals surface area contributed by atoms with E-state index in [1.54, 1.807) is 0 Å². The van der Waals surface area contributed by atoms with E-state index in [0.717, 1.165) is 26.2 Å². The number of nitrogens with one attached hydrogen (secondary N) is 1. The molecule has 0 radical (unpaired) electrons. The Morgan fingerprint density at radius 3 is 3.00 bits per heavy atom. The lowest BCUT2D eigenvalue weighted by Crippen LogP contribution is -2.56. The van der Waals surface area contributed by atoms with Crippen LogP contribution in [0.1, 0.15) is 18.7 Å². The molecule has 2 nitrogen and oxygen atoms in total. The van der Waals surface area contributed by atoms with Crippen molar-refractivity contribution in [2.75, 3.05) is 19.6 Å². The molecule has 0 saturated carbocycles. The van der Waals surface area contributed by atoms with E-state index in [2.05, 4.69) is 51.4 Å². The van der Waals surface area contributed by atoms with Gasteiger partial charge >= 0.3 is 0 Å². The lowest BCUT2D eigenvalue weighted by molar-refractivity contribution is 0.149. The lowest BCUT2D eigenvalue weighted by Gasteiger charge is -2.39. The van der Waals surface area contributed by atoms with Crippen LogP contribution in [-0.4, -0.2) is 30.1 Å². The van der Waals surface area contributed by atoms with Crippen molar-refractivity contribution in [2.24, 2.45) is 0 Å². The van der Waals surface area contributed by atoms with E-state index in [4.69, 9.17) is 0 Å². The Balaban J connectivity index is 1.98. The highest BCUT2D eigenvalue weighted by Gasteiger charge is 2.25. The summed E-state index contributed by atoms with van der Waals surface area (Å²) in [5, 5.41) is 5.68. The zero-order valence-corrected chi connectivity index (χ0v) is 11.6. The Labute approximate surface area is 104 Å². The monoisotopic (exact) mass is 288 g/mol. The molecule has 2 rings (SSSR count). The smallest absolute Gasteiger partial charge is 0.0340 e. The van der Waals surface area contributed by atoms with Crippen LogP contribution in [0.25, 0.3) is 0 Å². The molecule has 0 spiro atoms. The third-order valence-corrected chi connectivity index (χ3v) is 4.62. The number of nitrogens with zero attached hydrogens (tertiary/aromatic N) is 1. The molecular weight excluding hydrogens is 272 g/mol. The summed E-state index contributed by atoms with van der Waals surface area (Å²) in [4.78, 5) is 3.96. The Bertz CT molecular complexity index is 335. The molecule has 1 fully saturated rings. The summed E-state index contributed by atoms with van der Waals surface area (Å²) in [6.45, 7) is 8.97. The molecule has 1 aliphatic heterocycles. The van der Waals surface area contributed by atoms with Gasteiger partial charge in [-0.2, -0.15) is 0 Å². The summed E-state index contributed by atoms with van der Waals surface area (Å²) in [7, 11) is 0. The molecule has 1 saturated heterocycles. The van der Waals surface area contributed by atoms with Crippen LogP contribution in [0.15, 0.2) is 15.9 Å². The highest BCUT2D eigenvalue weighted by atomic mass is 79.9. The minimum Gasteiger partial charge on any atom is -0.309 e. The first-order chi connectivity index (χ1) is 7.07. The molecule has 0 amide bonds. The fraction of sp³-hybridized carbons (Fsp3) is 0.636. The average Bonchev–Trinajstić information content (AvgIpc) is 2.50. The number of rotatable bonds is 2. The van der Waals surface area contributed by atoms with Gasteiger partial charge in [0.2, 0.25) is 0 Å². The van der Waals surface area contributed by atoms with E-state index in [1.165, 1.54) is 9.35 Å². The van der Waals surface area contributed by atoms with E-state index < -0.39 is 0 Å². The number of hydrogen-bond donors (Lipinski definition) is 1. The second kappa shape index (κ2) is 4.53. The van der Waals surface area contributed by atoms with E-state index in [0.29, 0.717) is 0 Å². The maximum atomic E-state index is 3.59. The molecule has 4 heteroatoms. The summed E-state index contributed by atoms with van der Waals surface area (Å²) < 4.78 is 1.25. The van der Waals surface area contributed by atoms with Gasteiger partial charge in [-0.15, -0.1) is 11.3 Å². The third kappa shape index (κ3) is 3.03. The maximum absolute atomic E-state index is 3.59. The Hall–Kier alpha value is 0.1000. The van der Waals surface area contributed by atoms with Gasteiger partial charge in [-0.05, 0) is 41.2 Å². The Morgan fingerprint density at radius 2 is 2.40 bits per heavy atom.